The van der Waals surface area contributed by atoms with Gasteiger partial charge in [-0.25, -0.2) is 4.98 Å². The van der Waals surface area contributed by atoms with Gasteiger partial charge in [-0.1, -0.05) is 18.2 Å². The molecule has 2 aliphatic carbocycles. The maximum Gasteiger partial charge on any atom is 0.254 e. The molecule has 43 heavy (non-hydrogen) atoms. The molecule has 2 aromatic heterocycles. The van der Waals surface area contributed by atoms with E-state index in [4.69, 9.17) is 15.5 Å². The summed E-state index contributed by atoms with van der Waals surface area (Å²) in [6, 6.07) is 14.8. The zero-order valence-corrected chi connectivity index (χ0v) is 24.9. The third-order valence-corrected chi connectivity index (χ3v) is 10.3. The molecule has 224 valence electrons. The largest absolute Gasteiger partial charge is 0.494 e. The summed E-state index contributed by atoms with van der Waals surface area (Å²) in [7, 11) is 1.67. The number of aromatic nitrogens is 3. The number of hydrogen-bond acceptors (Lipinski definition) is 5. The standard InChI is InChI=1S/C34H40N6O3/c1-43-29-18-24(34(42)40-20-23-11-12-27(40)31(23)35)16-25-32(29)38(15-5-14-37-13-4-8-30(37)41)33(36-25)28-17-22-6-2-3-7-26(22)39(28)19-21-9-10-21/h2-3,6-7,16-18,21,23,27,31H,4-5,8-15,19-20,35H2,1H3/t23-,27-,31-/m1/s1. The Morgan fingerprint density at radius 1 is 1.07 bits per heavy atom. The molecule has 2 aliphatic heterocycles. The quantitative estimate of drug-likeness (QED) is 0.311. The maximum absolute atomic E-state index is 13.8. The van der Waals surface area contributed by atoms with Crippen molar-refractivity contribution in [2.45, 2.75) is 70.1 Å². The van der Waals surface area contributed by atoms with Crippen LogP contribution in [0.1, 0.15) is 55.3 Å². The smallest absolute Gasteiger partial charge is 0.254 e. The predicted octanol–water partition coefficient (Wildman–Crippen LogP) is 4.65. The number of rotatable bonds is 9. The van der Waals surface area contributed by atoms with Crippen molar-refractivity contribution in [3.8, 4) is 17.3 Å². The summed E-state index contributed by atoms with van der Waals surface area (Å²) in [6.07, 6.45) is 6.99. The van der Waals surface area contributed by atoms with Gasteiger partial charge in [0.25, 0.3) is 5.91 Å². The zero-order valence-electron chi connectivity index (χ0n) is 24.9. The van der Waals surface area contributed by atoms with Gasteiger partial charge in [0.15, 0.2) is 5.82 Å². The van der Waals surface area contributed by atoms with Gasteiger partial charge in [0.2, 0.25) is 5.91 Å². The summed E-state index contributed by atoms with van der Waals surface area (Å²) in [5.74, 6) is 2.86. The van der Waals surface area contributed by atoms with Crippen LogP contribution in [0.15, 0.2) is 42.5 Å². The fourth-order valence-electron chi connectivity index (χ4n) is 7.88. The van der Waals surface area contributed by atoms with Gasteiger partial charge < -0.3 is 29.4 Å². The Labute approximate surface area is 251 Å². The Hall–Kier alpha value is -3.85. The Morgan fingerprint density at radius 3 is 2.65 bits per heavy atom. The second kappa shape index (κ2) is 10.4. The van der Waals surface area contributed by atoms with Gasteiger partial charge in [-0.2, -0.15) is 0 Å². The summed E-state index contributed by atoms with van der Waals surface area (Å²) >= 11 is 0. The molecule has 2 amide bonds. The van der Waals surface area contributed by atoms with Crippen LogP contribution in [0.3, 0.4) is 0 Å². The average molecular weight is 581 g/mol. The Kier molecular flexibility index (Phi) is 6.47. The molecule has 2 saturated carbocycles. The molecule has 2 bridgehead atoms. The third kappa shape index (κ3) is 4.51. The van der Waals surface area contributed by atoms with Gasteiger partial charge in [0.05, 0.1) is 18.3 Å². The number of likely N-dealkylation sites (tertiary alicyclic amines) is 2. The van der Waals surface area contributed by atoms with E-state index in [1.807, 2.05) is 21.9 Å². The van der Waals surface area contributed by atoms with Gasteiger partial charge in [-0.15, -0.1) is 0 Å². The highest BCUT2D eigenvalue weighted by Crippen LogP contribution is 2.40. The van der Waals surface area contributed by atoms with Gasteiger partial charge in [-0.05, 0) is 74.6 Å². The lowest BCUT2D eigenvalue weighted by Gasteiger charge is -2.27. The molecule has 2 saturated heterocycles. The van der Waals surface area contributed by atoms with Crippen molar-refractivity contribution >= 4 is 33.8 Å². The van der Waals surface area contributed by atoms with Crippen LogP contribution < -0.4 is 10.5 Å². The molecule has 0 radical (unpaired) electrons. The van der Waals surface area contributed by atoms with Crippen LogP contribution in [-0.2, 0) is 17.9 Å². The lowest BCUT2D eigenvalue weighted by molar-refractivity contribution is -0.127. The van der Waals surface area contributed by atoms with Crippen molar-refractivity contribution < 1.29 is 14.3 Å². The number of nitrogens with two attached hydrogens (primary N) is 1. The van der Waals surface area contributed by atoms with Crippen LogP contribution in [0.4, 0.5) is 0 Å². The van der Waals surface area contributed by atoms with Gasteiger partial charge in [-0.3, -0.25) is 9.59 Å². The van der Waals surface area contributed by atoms with Crippen LogP contribution in [0.5, 0.6) is 5.75 Å². The second-order valence-electron chi connectivity index (χ2n) is 13.1. The Balaban J connectivity index is 1.23. The minimum Gasteiger partial charge on any atom is -0.494 e. The molecule has 2 N–H and O–H groups in total. The molecule has 3 atom stereocenters. The number of amides is 2. The third-order valence-electron chi connectivity index (χ3n) is 10.3. The molecule has 9 nitrogen and oxygen atoms in total. The van der Waals surface area contributed by atoms with E-state index in [1.165, 1.54) is 23.7 Å². The Bertz CT molecular complexity index is 1730. The first kappa shape index (κ1) is 26.8. The van der Waals surface area contributed by atoms with E-state index in [9.17, 15) is 9.59 Å². The van der Waals surface area contributed by atoms with Crippen molar-refractivity contribution in [3.05, 3.63) is 48.0 Å². The minimum atomic E-state index is 0.00865. The van der Waals surface area contributed by atoms with E-state index in [0.717, 1.165) is 74.4 Å². The molecular weight excluding hydrogens is 540 g/mol. The summed E-state index contributed by atoms with van der Waals surface area (Å²) in [5, 5.41) is 1.20. The summed E-state index contributed by atoms with van der Waals surface area (Å²) < 4.78 is 10.7. The average Bonchev–Trinajstić information content (AvgIpc) is 3.28. The van der Waals surface area contributed by atoms with Crippen LogP contribution in [0.2, 0.25) is 0 Å². The number of nitrogens with zero attached hydrogens (tertiary/aromatic N) is 5. The number of piperidine rings is 1. The minimum absolute atomic E-state index is 0.00865. The zero-order chi connectivity index (χ0) is 29.2. The van der Waals surface area contributed by atoms with Crippen LogP contribution in [0.25, 0.3) is 33.5 Å². The highest BCUT2D eigenvalue weighted by molar-refractivity contribution is 6.00. The van der Waals surface area contributed by atoms with Crippen molar-refractivity contribution in [2.24, 2.45) is 17.6 Å². The fourth-order valence-corrected chi connectivity index (χ4v) is 7.88. The van der Waals surface area contributed by atoms with Crippen LogP contribution in [-0.4, -0.2) is 74.6 Å². The first-order valence-electron chi connectivity index (χ1n) is 16.0. The highest BCUT2D eigenvalue weighted by atomic mass is 16.5. The molecule has 4 aliphatic rings. The van der Waals surface area contributed by atoms with Crippen molar-refractivity contribution in [3.63, 3.8) is 0 Å². The van der Waals surface area contributed by atoms with E-state index in [1.54, 1.807) is 7.11 Å². The first-order valence-corrected chi connectivity index (χ1v) is 16.0. The monoisotopic (exact) mass is 580 g/mol. The van der Waals surface area contributed by atoms with Gasteiger partial charge >= 0.3 is 0 Å². The lowest BCUT2D eigenvalue weighted by Crippen LogP contribution is -2.41. The fraction of sp³-hybridized carbons (Fsp3) is 0.500. The predicted molar refractivity (Wildman–Crippen MR) is 166 cm³/mol. The van der Waals surface area contributed by atoms with Crippen LogP contribution >= 0.6 is 0 Å². The number of benzene rings is 2. The maximum atomic E-state index is 13.8. The molecule has 4 aromatic rings. The Morgan fingerprint density at radius 2 is 1.93 bits per heavy atom. The summed E-state index contributed by atoms with van der Waals surface area (Å²) in [4.78, 5) is 35.4. The number of para-hydroxylation sites is 1. The molecule has 8 rings (SSSR count). The SMILES string of the molecule is COc1cc(C(=O)N2C[C@H]3CC[C@@H]2[C@@H]3N)cc2nc(-c3cc4ccccc4n3CC3CC3)n(CCCN3CCCC3=O)c12. The summed E-state index contributed by atoms with van der Waals surface area (Å²) in [6.45, 7) is 3.94. The van der Waals surface area contributed by atoms with Gasteiger partial charge in [0.1, 0.15) is 11.3 Å². The molecule has 4 fully saturated rings. The van der Waals surface area contributed by atoms with E-state index in [2.05, 4.69) is 39.5 Å². The molecule has 0 unspecified atom stereocenters. The van der Waals surface area contributed by atoms with E-state index in [0.29, 0.717) is 36.1 Å². The second-order valence-corrected chi connectivity index (χ2v) is 13.1. The first-order chi connectivity index (χ1) is 21.0. The van der Waals surface area contributed by atoms with Gasteiger partial charge in [0, 0.05) is 67.7 Å². The highest BCUT2D eigenvalue weighted by Gasteiger charge is 2.47. The molecule has 9 heteroatoms. The number of hydrogen-bond donors (Lipinski definition) is 1. The van der Waals surface area contributed by atoms with E-state index >= 15 is 0 Å². The van der Waals surface area contributed by atoms with E-state index < -0.39 is 0 Å². The number of carbonyl (C=O) groups excluding carboxylic acids is 2. The number of aryl methyl sites for hydroxylation is 1. The van der Waals surface area contributed by atoms with Crippen molar-refractivity contribution in [1.82, 2.24) is 23.9 Å². The van der Waals surface area contributed by atoms with Crippen LogP contribution in [0, 0.1) is 11.8 Å². The topological polar surface area (TPSA) is 98.6 Å². The normalized spacial score (nSPS) is 23.4. The number of fused-ring (bicyclic) bond motifs is 4. The van der Waals surface area contributed by atoms with Crippen molar-refractivity contribution in [1.29, 1.82) is 0 Å². The van der Waals surface area contributed by atoms with E-state index in [-0.39, 0.29) is 23.9 Å². The molecule has 2 aromatic carbocycles. The molecule has 4 heterocycles. The number of ether oxygens (including phenoxy) is 1. The number of methoxy groups -OCH3 is 1. The lowest BCUT2D eigenvalue weighted by atomic mass is 10.1. The van der Waals surface area contributed by atoms with Crippen molar-refractivity contribution in [2.75, 3.05) is 26.7 Å². The number of imidazole rings is 1. The summed E-state index contributed by atoms with van der Waals surface area (Å²) in [5.41, 5.74) is 11.0. The number of carbonyl (C=O) groups is 2. The molecular formula is C34H40N6O3. The molecule has 0 spiro atoms.